The summed E-state index contributed by atoms with van der Waals surface area (Å²) in [4.78, 5) is 36.0. The maximum absolute atomic E-state index is 12.8. The van der Waals surface area contributed by atoms with E-state index in [2.05, 4.69) is 4.74 Å². The molecule has 0 aromatic carbocycles. The summed E-state index contributed by atoms with van der Waals surface area (Å²) in [6, 6.07) is 0. The van der Waals surface area contributed by atoms with Crippen LogP contribution in [0.15, 0.2) is 58.7 Å². The lowest BCUT2D eigenvalue weighted by Crippen LogP contribution is -2.39. The van der Waals surface area contributed by atoms with Gasteiger partial charge in [-0.1, -0.05) is 61.4 Å². The molecule has 0 amide bonds. The van der Waals surface area contributed by atoms with E-state index in [9.17, 15) is 14.4 Å². The molecule has 0 saturated heterocycles. The van der Waals surface area contributed by atoms with Crippen LogP contribution in [0.1, 0.15) is 60.8 Å². The molecular formula is C25H34O5. The van der Waals surface area contributed by atoms with E-state index in [1.165, 1.54) is 12.7 Å². The Hall–Kier alpha value is -2.69. The monoisotopic (exact) mass is 414 g/mol. The number of hydrogen-bond donors (Lipinski definition) is 0. The van der Waals surface area contributed by atoms with E-state index < -0.39 is 18.0 Å². The Bertz CT molecular complexity index is 818. The molecule has 0 aromatic heterocycles. The number of hydrogen-bond acceptors (Lipinski definition) is 5. The van der Waals surface area contributed by atoms with Gasteiger partial charge in [-0.15, -0.1) is 0 Å². The summed E-state index contributed by atoms with van der Waals surface area (Å²) in [6.45, 7) is 11.9. The van der Waals surface area contributed by atoms with Gasteiger partial charge in [0.25, 0.3) is 0 Å². The van der Waals surface area contributed by atoms with Crippen molar-refractivity contribution in [1.82, 2.24) is 0 Å². The first-order valence-corrected chi connectivity index (χ1v) is 10.2. The zero-order chi connectivity index (χ0) is 22.9. The van der Waals surface area contributed by atoms with Crippen molar-refractivity contribution in [2.24, 2.45) is 5.41 Å². The first-order chi connectivity index (χ1) is 14.0. The fourth-order valence-electron chi connectivity index (χ4n) is 3.24. The summed E-state index contributed by atoms with van der Waals surface area (Å²) in [5.41, 5.74) is 3.46. The molecule has 5 nitrogen and oxygen atoms in total. The number of Topliss-reactive ketones (excluding diaryl/α,β-unsaturated/α-hetero) is 1. The number of ketones is 1. The molecule has 164 valence electrons. The molecule has 5 heteroatoms. The third kappa shape index (κ3) is 7.62. The van der Waals surface area contributed by atoms with Crippen LogP contribution in [0.5, 0.6) is 0 Å². The summed E-state index contributed by atoms with van der Waals surface area (Å²) in [5.74, 6) is -1.24. The minimum absolute atomic E-state index is 0.0594. The number of allylic oxidation sites excluding steroid dienone is 9. The molecule has 0 aromatic rings. The van der Waals surface area contributed by atoms with Crippen molar-refractivity contribution in [1.29, 1.82) is 0 Å². The third-order valence-electron chi connectivity index (χ3n) is 5.21. The first kappa shape index (κ1) is 25.3. The van der Waals surface area contributed by atoms with E-state index in [1.807, 2.05) is 71.1 Å². The molecule has 1 unspecified atom stereocenters. The van der Waals surface area contributed by atoms with Crippen molar-refractivity contribution in [3.8, 4) is 0 Å². The number of carbonyl (C=O) groups is 3. The van der Waals surface area contributed by atoms with Crippen LogP contribution in [-0.4, -0.2) is 30.9 Å². The average molecular weight is 415 g/mol. The molecule has 0 radical (unpaired) electrons. The van der Waals surface area contributed by atoms with Crippen LogP contribution in [-0.2, 0) is 23.9 Å². The van der Waals surface area contributed by atoms with Crippen molar-refractivity contribution < 1.29 is 23.9 Å². The van der Waals surface area contributed by atoms with Gasteiger partial charge in [0.05, 0.1) is 20.0 Å². The molecule has 30 heavy (non-hydrogen) atoms. The smallest absolute Gasteiger partial charge is 0.307 e. The van der Waals surface area contributed by atoms with E-state index >= 15 is 0 Å². The maximum Gasteiger partial charge on any atom is 0.307 e. The maximum atomic E-state index is 12.8. The molecule has 0 heterocycles. The van der Waals surface area contributed by atoms with Crippen LogP contribution < -0.4 is 0 Å². The standard InChI is InChI=1S/C25H34O5/c1-8-17(2)10-9-11-18(3)12-13-20-19(4)24(28)21(16-25(20,5)6)30-23(27)15-14-22(26)29-7/h8-13,21H,14-16H2,1-7H3/b10-9?,13-12+,17-8?,18-11?. The van der Waals surface area contributed by atoms with E-state index in [1.54, 1.807) is 6.92 Å². The molecule has 0 bridgehead atoms. The summed E-state index contributed by atoms with van der Waals surface area (Å²) in [7, 11) is 1.26. The zero-order valence-corrected chi connectivity index (χ0v) is 19.2. The zero-order valence-electron chi connectivity index (χ0n) is 19.2. The van der Waals surface area contributed by atoms with Gasteiger partial charge in [-0.3, -0.25) is 14.4 Å². The Morgan fingerprint density at radius 2 is 1.73 bits per heavy atom. The Morgan fingerprint density at radius 3 is 2.33 bits per heavy atom. The van der Waals surface area contributed by atoms with E-state index in [0.717, 1.165) is 11.1 Å². The highest BCUT2D eigenvalue weighted by molar-refractivity contribution is 6.01. The van der Waals surface area contributed by atoms with Gasteiger partial charge in [0.15, 0.2) is 11.9 Å². The Labute approximate surface area is 180 Å². The van der Waals surface area contributed by atoms with Gasteiger partial charge < -0.3 is 9.47 Å². The normalized spacial score (nSPS) is 20.2. The van der Waals surface area contributed by atoms with Crippen LogP contribution >= 0.6 is 0 Å². The van der Waals surface area contributed by atoms with Gasteiger partial charge in [-0.25, -0.2) is 0 Å². The van der Waals surface area contributed by atoms with E-state index in [4.69, 9.17) is 4.74 Å². The van der Waals surface area contributed by atoms with Crippen molar-refractivity contribution in [2.45, 2.75) is 66.9 Å². The largest absolute Gasteiger partial charge is 0.469 e. The van der Waals surface area contributed by atoms with Gasteiger partial charge in [0, 0.05) is 6.42 Å². The number of rotatable bonds is 8. The molecule has 0 spiro atoms. The summed E-state index contributed by atoms with van der Waals surface area (Å²) < 4.78 is 9.91. The predicted octanol–water partition coefficient (Wildman–Crippen LogP) is 5.19. The Morgan fingerprint density at radius 1 is 1.10 bits per heavy atom. The Balaban J connectivity index is 2.93. The fourth-order valence-corrected chi connectivity index (χ4v) is 3.24. The molecule has 0 N–H and O–H groups in total. The number of ether oxygens (including phenoxy) is 2. The second-order valence-corrected chi connectivity index (χ2v) is 8.18. The molecule has 0 aliphatic heterocycles. The summed E-state index contributed by atoms with van der Waals surface area (Å²) in [5, 5.41) is 0. The Kier molecular flexibility index (Phi) is 9.70. The molecular weight excluding hydrogens is 380 g/mol. The van der Waals surface area contributed by atoms with Crippen molar-refractivity contribution in [2.75, 3.05) is 7.11 Å². The van der Waals surface area contributed by atoms with E-state index in [0.29, 0.717) is 12.0 Å². The minimum Gasteiger partial charge on any atom is -0.469 e. The van der Waals surface area contributed by atoms with Gasteiger partial charge in [0.1, 0.15) is 0 Å². The van der Waals surface area contributed by atoms with E-state index in [-0.39, 0.29) is 24.0 Å². The predicted molar refractivity (Wildman–Crippen MR) is 119 cm³/mol. The topological polar surface area (TPSA) is 69.7 Å². The second-order valence-electron chi connectivity index (χ2n) is 8.18. The number of esters is 2. The van der Waals surface area contributed by atoms with Crippen molar-refractivity contribution >= 4 is 17.7 Å². The molecule has 1 rings (SSSR count). The van der Waals surface area contributed by atoms with Crippen molar-refractivity contribution in [3.63, 3.8) is 0 Å². The van der Waals surface area contributed by atoms with Crippen molar-refractivity contribution in [3.05, 3.63) is 58.7 Å². The van der Waals surface area contributed by atoms with Crippen LogP contribution in [0.25, 0.3) is 0 Å². The highest BCUT2D eigenvalue weighted by Crippen LogP contribution is 2.40. The SMILES string of the molecule is CC=C(C)C=CC=C(C)/C=C/C1=C(C)C(=O)C(OC(=O)CCC(=O)OC)CC1(C)C. The van der Waals surface area contributed by atoms with Gasteiger partial charge in [0.2, 0.25) is 0 Å². The highest BCUT2D eigenvalue weighted by atomic mass is 16.5. The summed E-state index contributed by atoms with van der Waals surface area (Å²) in [6.07, 6.45) is 11.5. The molecule has 0 fully saturated rings. The lowest BCUT2D eigenvalue weighted by Gasteiger charge is -2.36. The first-order valence-electron chi connectivity index (χ1n) is 10.2. The molecule has 0 saturated carbocycles. The van der Waals surface area contributed by atoms with Gasteiger partial charge in [-0.2, -0.15) is 0 Å². The average Bonchev–Trinajstić information content (AvgIpc) is 2.69. The number of carbonyl (C=O) groups excluding carboxylic acids is 3. The fraction of sp³-hybridized carbons (Fsp3) is 0.480. The molecule has 1 aliphatic rings. The van der Waals surface area contributed by atoms with Crippen LogP contribution in [0, 0.1) is 5.41 Å². The van der Waals surface area contributed by atoms with Gasteiger partial charge >= 0.3 is 11.9 Å². The second kappa shape index (κ2) is 11.5. The highest BCUT2D eigenvalue weighted by Gasteiger charge is 2.39. The molecule has 1 atom stereocenters. The van der Waals surface area contributed by atoms with Crippen LogP contribution in [0.2, 0.25) is 0 Å². The van der Waals surface area contributed by atoms with Gasteiger partial charge in [-0.05, 0) is 44.3 Å². The quantitative estimate of drug-likeness (QED) is 0.404. The van der Waals surface area contributed by atoms with Crippen LogP contribution in [0.4, 0.5) is 0 Å². The number of methoxy groups -OCH3 is 1. The third-order valence-corrected chi connectivity index (χ3v) is 5.21. The lowest BCUT2D eigenvalue weighted by molar-refractivity contribution is -0.157. The summed E-state index contributed by atoms with van der Waals surface area (Å²) >= 11 is 0. The minimum atomic E-state index is -0.828. The van der Waals surface area contributed by atoms with Crippen LogP contribution in [0.3, 0.4) is 0 Å². The lowest BCUT2D eigenvalue weighted by atomic mass is 9.71. The molecule has 1 aliphatic carbocycles.